The van der Waals surface area contributed by atoms with Crippen LogP contribution in [0.3, 0.4) is 0 Å². The number of aryl methyl sites for hydroxylation is 1. The van der Waals surface area contributed by atoms with Crippen molar-refractivity contribution in [1.29, 1.82) is 0 Å². The first-order chi connectivity index (χ1) is 15.1. The molecule has 2 aliphatic carbocycles. The fourth-order valence-electron chi connectivity index (χ4n) is 5.55. The summed E-state index contributed by atoms with van der Waals surface area (Å²) in [5, 5.41) is 15.6. The Morgan fingerprint density at radius 3 is 2.97 bits per heavy atom. The van der Waals surface area contributed by atoms with Crippen LogP contribution in [0.2, 0.25) is 0 Å². The van der Waals surface area contributed by atoms with Gasteiger partial charge in [0.05, 0.1) is 19.3 Å². The van der Waals surface area contributed by atoms with Gasteiger partial charge in [-0.05, 0) is 37.0 Å². The van der Waals surface area contributed by atoms with Crippen molar-refractivity contribution in [1.82, 2.24) is 30.3 Å². The molecule has 1 aromatic rings. The Labute approximate surface area is 187 Å². The predicted molar refractivity (Wildman–Crippen MR) is 123 cm³/mol. The molecule has 8 heteroatoms. The number of aromatic nitrogens is 3. The fourth-order valence-corrected chi connectivity index (χ4v) is 5.55. The highest BCUT2D eigenvalue weighted by atomic mass is 16.5. The number of morpholine rings is 1. The van der Waals surface area contributed by atoms with Gasteiger partial charge in [-0.1, -0.05) is 27.2 Å². The zero-order valence-electron chi connectivity index (χ0n) is 19.6. The summed E-state index contributed by atoms with van der Waals surface area (Å²) in [4.78, 5) is 7.49. The van der Waals surface area contributed by atoms with Gasteiger partial charge in [-0.25, -0.2) is 0 Å². The van der Waals surface area contributed by atoms with E-state index in [2.05, 4.69) is 51.1 Å². The van der Waals surface area contributed by atoms with Crippen LogP contribution in [0.4, 0.5) is 0 Å². The molecular weight excluding hydrogens is 390 g/mol. The smallest absolute Gasteiger partial charge is 0.191 e. The summed E-state index contributed by atoms with van der Waals surface area (Å²) in [5.41, 5.74) is 0. The van der Waals surface area contributed by atoms with Gasteiger partial charge in [-0.3, -0.25) is 9.89 Å². The molecule has 3 aliphatic rings. The number of hydrogen-bond donors (Lipinski definition) is 2. The van der Waals surface area contributed by atoms with E-state index >= 15 is 0 Å². The first-order valence-electron chi connectivity index (χ1n) is 12.4. The van der Waals surface area contributed by atoms with Gasteiger partial charge in [0.15, 0.2) is 5.96 Å². The van der Waals surface area contributed by atoms with Crippen molar-refractivity contribution in [2.45, 2.75) is 71.6 Å². The first kappa shape index (κ1) is 22.5. The summed E-state index contributed by atoms with van der Waals surface area (Å²) in [6.45, 7) is 13.0. The molecule has 0 radical (unpaired) electrons. The Morgan fingerprint density at radius 2 is 2.23 bits per heavy atom. The van der Waals surface area contributed by atoms with Gasteiger partial charge < -0.3 is 19.9 Å². The number of nitrogens with zero attached hydrogens (tertiary/aromatic N) is 5. The van der Waals surface area contributed by atoms with Gasteiger partial charge in [-0.2, -0.15) is 0 Å². The van der Waals surface area contributed by atoms with E-state index in [1.165, 1.54) is 25.7 Å². The van der Waals surface area contributed by atoms with Gasteiger partial charge in [0, 0.05) is 45.2 Å². The van der Waals surface area contributed by atoms with Gasteiger partial charge in [-0.15, -0.1) is 10.2 Å². The van der Waals surface area contributed by atoms with E-state index in [1.54, 1.807) is 0 Å². The lowest BCUT2D eigenvalue weighted by atomic mass is 9.95. The fraction of sp³-hybridized carbons (Fsp3) is 0.870. The van der Waals surface area contributed by atoms with Gasteiger partial charge in [0.25, 0.3) is 0 Å². The third-order valence-electron chi connectivity index (χ3n) is 7.02. The van der Waals surface area contributed by atoms with E-state index in [0.717, 1.165) is 69.4 Å². The molecule has 2 N–H and O–H groups in total. The van der Waals surface area contributed by atoms with Crippen molar-refractivity contribution in [2.24, 2.45) is 22.7 Å². The summed E-state index contributed by atoms with van der Waals surface area (Å²) < 4.78 is 8.15. The summed E-state index contributed by atoms with van der Waals surface area (Å²) in [6, 6.07) is 0.566. The van der Waals surface area contributed by atoms with Crippen LogP contribution < -0.4 is 10.6 Å². The molecule has 31 heavy (non-hydrogen) atoms. The molecule has 2 bridgehead atoms. The summed E-state index contributed by atoms with van der Waals surface area (Å²) in [7, 11) is 0. The molecule has 174 valence electrons. The van der Waals surface area contributed by atoms with E-state index in [0.29, 0.717) is 18.5 Å². The zero-order valence-corrected chi connectivity index (χ0v) is 19.6. The molecule has 8 nitrogen and oxygen atoms in total. The molecule has 4 atom stereocenters. The van der Waals surface area contributed by atoms with Crippen LogP contribution in [0.5, 0.6) is 0 Å². The predicted octanol–water partition coefficient (Wildman–Crippen LogP) is 1.92. The number of aliphatic imine (C=N–C) groups is 1. The van der Waals surface area contributed by atoms with Crippen LogP contribution in [0.25, 0.3) is 0 Å². The molecule has 0 amide bonds. The molecule has 0 aromatic carbocycles. The third-order valence-corrected chi connectivity index (χ3v) is 7.02. The Hall–Kier alpha value is -1.67. The quantitative estimate of drug-likeness (QED) is 0.459. The lowest BCUT2D eigenvalue weighted by Gasteiger charge is -2.33. The van der Waals surface area contributed by atoms with Crippen LogP contribution >= 0.6 is 0 Å². The van der Waals surface area contributed by atoms with Crippen LogP contribution in [0, 0.1) is 17.8 Å². The van der Waals surface area contributed by atoms with E-state index in [9.17, 15) is 0 Å². The number of guanidine groups is 1. The maximum Gasteiger partial charge on any atom is 0.191 e. The summed E-state index contributed by atoms with van der Waals surface area (Å²) >= 11 is 0. The topological polar surface area (TPSA) is 79.6 Å². The number of hydrogen-bond acceptors (Lipinski definition) is 5. The molecule has 4 unspecified atom stereocenters. The number of fused-ring (bicyclic) bond motifs is 2. The molecule has 2 saturated carbocycles. The SMILES string of the molecule is CCc1nncn1CCNC(=NCC1CN(CC(C)C)CCO1)NC1CC2CCC1C2. The van der Waals surface area contributed by atoms with Crippen LogP contribution in [-0.4, -0.2) is 77.1 Å². The minimum atomic E-state index is 0.177. The van der Waals surface area contributed by atoms with Crippen molar-refractivity contribution in [2.75, 3.05) is 39.3 Å². The Bertz CT molecular complexity index is 719. The molecular formula is C23H41N7O. The van der Waals surface area contributed by atoms with E-state index in [1.807, 2.05) is 6.33 Å². The molecule has 3 fully saturated rings. The number of ether oxygens (including phenoxy) is 1. The third kappa shape index (κ3) is 6.19. The van der Waals surface area contributed by atoms with Crippen molar-refractivity contribution in [3.05, 3.63) is 12.2 Å². The second-order valence-corrected chi connectivity index (χ2v) is 9.98. The van der Waals surface area contributed by atoms with E-state index in [4.69, 9.17) is 9.73 Å². The Morgan fingerprint density at radius 1 is 1.32 bits per heavy atom. The van der Waals surface area contributed by atoms with Crippen molar-refractivity contribution >= 4 is 5.96 Å². The lowest BCUT2D eigenvalue weighted by Crippen LogP contribution is -2.48. The second-order valence-electron chi connectivity index (χ2n) is 9.98. The van der Waals surface area contributed by atoms with E-state index in [-0.39, 0.29) is 6.10 Å². The van der Waals surface area contributed by atoms with Gasteiger partial charge in [0.1, 0.15) is 12.2 Å². The molecule has 1 aliphatic heterocycles. The Balaban J connectivity index is 1.33. The van der Waals surface area contributed by atoms with Crippen LogP contribution in [0.1, 0.15) is 52.3 Å². The lowest BCUT2D eigenvalue weighted by molar-refractivity contribution is -0.0262. The molecule has 4 rings (SSSR count). The van der Waals surface area contributed by atoms with Gasteiger partial charge in [0.2, 0.25) is 0 Å². The average molecular weight is 432 g/mol. The van der Waals surface area contributed by atoms with E-state index < -0.39 is 0 Å². The molecule has 1 aromatic heterocycles. The van der Waals surface area contributed by atoms with Crippen molar-refractivity contribution < 1.29 is 4.74 Å². The largest absolute Gasteiger partial charge is 0.374 e. The summed E-state index contributed by atoms with van der Waals surface area (Å²) in [6.07, 6.45) is 8.36. The maximum absolute atomic E-state index is 6.03. The number of nitrogens with one attached hydrogen (secondary N) is 2. The minimum absolute atomic E-state index is 0.177. The normalized spacial score (nSPS) is 29.1. The minimum Gasteiger partial charge on any atom is -0.374 e. The maximum atomic E-state index is 6.03. The molecule has 0 spiro atoms. The van der Waals surface area contributed by atoms with Gasteiger partial charge >= 0.3 is 0 Å². The average Bonchev–Trinajstić information content (AvgIpc) is 3.48. The Kier molecular flexibility index (Phi) is 7.82. The van der Waals surface area contributed by atoms with Crippen molar-refractivity contribution in [3.63, 3.8) is 0 Å². The highest BCUT2D eigenvalue weighted by Crippen LogP contribution is 2.44. The van der Waals surface area contributed by atoms with Crippen LogP contribution in [0.15, 0.2) is 11.3 Å². The summed E-state index contributed by atoms with van der Waals surface area (Å²) in [5.74, 6) is 4.38. The van der Waals surface area contributed by atoms with Crippen LogP contribution in [-0.2, 0) is 17.7 Å². The number of rotatable bonds is 9. The zero-order chi connectivity index (χ0) is 21.6. The molecule has 2 heterocycles. The standard InChI is InChI=1S/C23H41N7O/c1-4-22-28-26-16-30(22)8-7-24-23(27-21-12-18-5-6-19(21)11-18)25-13-20-15-29(9-10-31-20)14-17(2)3/h16-21H,4-15H2,1-3H3,(H2,24,25,27). The van der Waals surface area contributed by atoms with Crippen molar-refractivity contribution in [3.8, 4) is 0 Å². The second kappa shape index (κ2) is 10.8. The molecule has 1 saturated heterocycles. The first-order valence-corrected chi connectivity index (χ1v) is 12.4. The monoisotopic (exact) mass is 431 g/mol. The highest BCUT2D eigenvalue weighted by Gasteiger charge is 2.39. The highest BCUT2D eigenvalue weighted by molar-refractivity contribution is 5.80.